The summed E-state index contributed by atoms with van der Waals surface area (Å²) in [6, 6.07) is 10.6. The normalized spacial score (nSPS) is 11.4. The maximum absolute atomic E-state index is 12.7. The minimum absolute atomic E-state index is 0.0522. The van der Waals surface area contributed by atoms with E-state index in [1.807, 2.05) is 0 Å². The molecule has 2 nitrogen and oxygen atoms in total. The van der Waals surface area contributed by atoms with Crippen LogP contribution in [0.3, 0.4) is 0 Å². The van der Waals surface area contributed by atoms with Gasteiger partial charge in [0.05, 0.1) is 12.0 Å². The molecule has 21 heavy (non-hydrogen) atoms. The van der Waals surface area contributed by atoms with E-state index in [1.54, 1.807) is 31.2 Å². The van der Waals surface area contributed by atoms with Crippen molar-refractivity contribution >= 4 is 5.91 Å². The van der Waals surface area contributed by atoms with E-state index in [2.05, 4.69) is 0 Å². The van der Waals surface area contributed by atoms with Crippen molar-refractivity contribution < 1.29 is 18.0 Å². The van der Waals surface area contributed by atoms with Crippen molar-refractivity contribution in [2.24, 2.45) is 5.73 Å². The fraction of sp³-hybridized carbons (Fsp3) is 0.188. The van der Waals surface area contributed by atoms with Crippen LogP contribution < -0.4 is 5.73 Å². The van der Waals surface area contributed by atoms with Gasteiger partial charge >= 0.3 is 6.18 Å². The van der Waals surface area contributed by atoms with Crippen molar-refractivity contribution in [2.75, 3.05) is 0 Å². The summed E-state index contributed by atoms with van der Waals surface area (Å²) in [6.45, 7) is 1.62. The molecule has 0 aromatic heterocycles. The van der Waals surface area contributed by atoms with Gasteiger partial charge in [-0.3, -0.25) is 4.79 Å². The highest BCUT2D eigenvalue weighted by Crippen LogP contribution is 2.34. The van der Waals surface area contributed by atoms with Gasteiger partial charge in [-0.05, 0) is 41.3 Å². The third-order valence-corrected chi connectivity index (χ3v) is 3.23. The molecule has 1 amide bonds. The zero-order valence-corrected chi connectivity index (χ0v) is 11.4. The second kappa shape index (κ2) is 5.60. The van der Waals surface area contributed by atoms with Crippen LogP contribution in [0, 0.1) is 6.92 Å². The Kier molecular flexibility index (Phi) is 4.02. The van der Waals surface area contributed by atoms with E-state index in [0.717, 1.165) is 17.7 Å². The Morgan fingerprint density at radius 1 is 1.10 bits per heavy atom. The minimum Gasteiger partial charge on any atom is -0.369 e. The standard InChI is InChI=1S/C16H14F3NO/c1-10-8-12(16(17,18)19)6-7-13(10)14-5-3-2-4-11(14)9-15(20)21/h2-8H,9H2,1H3,(H2,20,21). The van der Waals surface area contributed by atoms with Gasteiger partial charge in [0.2, 0.25) is 5.91 Å². The molecule has 0 radical (unpaired) electrons. The molecule has 2 rings (SSSR count). The van der Waals surface area contributed by atoms with Crippen LogP contribution in [0.5, 0.6) is 0 Å². The number of hydrogen-bond acceptors (Lipinski definition) is 1. The average Bonchev–Trinajstić information content (AvgIpc) is 2.38. The van der Waals surface area contributed by atoms with E-state index in [0.29, 0.717) is 16.7 Å². The second-order valence-electron chi connectivity index (χ2n) is 4.83. The molecule has 0 aliphatic heterocycles. The minimum atomic E-state index is -4.37. The van der Waals surface area contributed by atoms with Crippen LogP contribution in [0.2, 0.25) is 0 Å². The molecule has 0 atom stereocenters. The SMILES string of the molecule is Cc1cc(C(F)(F)F)ccc1-c1ccccc1CC(N)=O. The van der Waals surface area contributed by atoms with Gasteiger partial charge in [-0.15, -0.1) is 0 Å². The van der Waals surface area contributed by atoms with Gasteiger partial charge in [0.1, 0.15) is 0 Å². The smallest absolute Gasteiger partial charge is 0.369 e. The zero-order chi connectivity index (χ0) is 15.6. The highest BCUT2D eigenvalue weighted by molar-refractivity contribution is 5.81. The Hall–Kier alpha value is -2.30. The number of hydrogen-bond donors (Lipinski definition) is 1. The van der Waals surface area contributed by atoms with E-state index in [1.165, 1.54) is 6.07 Å². The molecule has 0 unspecified atom stereocenters. The van der Waals surface area contributed by atoms with Crippen molar-refractivity contribution in [3.05, 3.63) is 59.2 Å². The molecule has 0 heterocycles. The first-order chi connectivity index (χ1) is 9.79. The van der Waals surface area contributed by atoms with Gasteiger partial charge in [-0.25, -0.2) is 0 Å². The number of carbonyl (C=O) groups is 1. The predicted octanol–water partition coefficient (Wildman–Crippen LogP) is 3.71. The Labute approximate surface area is 120 Å². The maximum Gasteiger partial charge on any atom is 0.416 e. The summed E-state index contributed by atoms with van der Waals surface area (Å²) in [5.41, 5.74) is 7.11. The van der Waals surface area contributed by atoms with Gasteiger partial charge in [0, 0.05) is 0 Å². The third-order valence-electron chi connectivity index (χ3n) is 3.23. The second-order valence-corrected chi connectivity index (χ2v) is 4.83. The summed E-state index contributed by atoms with van der Waals surface area (Å²) in [5, 5.41) is 0. The molecule has 0 bridgehead atoms. The molecular formula is C16H14F3NO. The highest BCUT2D eigenvalue weighted by Gasteiger charge is 2.30. The summed E-state index contributed by atoms with van der Waals surface area (Å²) < 4.78 is 38.1. The van der Waals surface area contributed by atoms with Crippen molar-refractivity contribution in [3.63, 3.8) is 0 Å². The number of rotatable bonds is 3. The Morgan fingerprint density at radius 3 is 2.33 bits per heavy atom. The monoisotopic (exact) mass is 293 g/mol. The average molecular weight is 293 g/mol. The molecule has 2 aromatic carbocycles. The molecule has 0 fully saturated rings. The largest absolute Gasteiger partial charge is 0.416 e. The summed E-state index contributed by atoms with van der Waals surface area (Å²) in [4.78, 5) is 11.1. The zero-order valence-electron chi connectivity index (χ0n) is 11.4. The molecule has 0 spiro atoms. The quantitative estimate of drug-likeness (QED) is 0.921. The summed E-state index contributed by atoms with van der Waals surface area (Å²) in [5.74, 6) is -0.480. The lowest BCUT2D eigenvalue weighted by molar-refractivity contribution is -0.137. The van der Waals surface area contributed by atoms with Crippen LogP contribution in [0.1, 0.15) is 16.7 Å². The fourth-order valence-electron chi connectivity index (χ4n) is 2.27. The fourth-order valence-corrected chi connectivity index (χ4v) is 2.27. The number of halogens is 3. The van der Waals surface area contributed by atoms with Gasteiger partial charge < -0.3 is 5.73 Å². The number of nitrogens with two attached hydrogens (primary N) is 1. The van der Waals surface area contributed by atoms with E-state index in [4.69, 9.17) is 5.73 Å². The summed E-state index contributed by atoms with van der Waals surface area (Å²) in [7, 11) is 0. The first kappa shape index (κ1) is 15.1. The Balaban J connectivity index is 2.50. The lowest BCUT2D eigenvalue weighted by Crippen LogP contribution is -2.14. The van der Waals surface area contributed by atoms with E-state index < -0.39 is 17.6 Å². The number of amides is 1. The first-order valence-electron chi connectivity index (χ1n) is 6.33. The van der Waals surface area contributed by atoms with Crippen LogP contribution in [0.4, 0.5) is 13.2 Å². The number of alkyl halides is 3. The first-order valence-corrected chi connectivity index (χ1v) is 6.33. The van der Waals surface area contributed by atoms with Crippen LogP contribution in [-0.2, 0) is 17.4 Å². The van der Waals surface area contributed by atoms with Gasteiger partial charge in [-0.2, -0.15) is 13.2 Å². The molecule has 0 saturated heterocycles. The van der Waals surface area contributed by atoms with Gasteiger partial charge in [-0.1, -0.05) is 30.3 Å². The molecule has 5 heteroatoms. The summed E-state index contributed by atoms with van der Waals surface area (Å²) >= 11 is 0. The molecule has 0 aliphatic carbocycles. The number of benzene rings is 2. The van der Waals surface area contributed by atoms with Crippen LogP contribution >= 0.6 is 0 Å². The number of carbonyl (C=O) groups excluding carboxylic acids is 1. The topological polar surface area (TPSA) is 43.1 Å². The van der Waals surface area contributed by atoms with Crippen molar-refractivity contribution in [2.45, 2.75) is 19.5 Å². The number of primary amides is 1. The van der Waals surface area contributed by atoms with Crippen molar-refractivity contribution in [1.82, 2.24) is 0 Å². The number of aryl methyl sites for hydroxylation is 1. The predicted molar refractivity (Wildman–Crippen MR) is 74.5 cm³/mol. The van der Waals surface area contributed by atoms with Gasteiger partial charge in [0.25, 0.3) is 0 Å². The van der Waals surface area contributed by atoms with E-state index in [9.17, 15) is 18.0 Å². The van der Waals surface area contributed by atoms with Crippen molar-refractivity contribution in [1.29, 1.82) is 0 Å². The third kappa shape index (κ3) is 3.42. The highest BCUT2D eigenvalue weighted by atomic mass is 19.4. The molecular weight excluding hydrogens is 279 g/mol. The lowest BCUT2D eigenvalue weighted by Gasteiger charge is -2.14. The molecule has 0 saturated carbocycles. The summed E-state index contributed by atoms with van der Waals surface area (Å²) in [6.07, 6.45) is -4.31. The Morgan fingerprint density at radius 2 is 1.76 bits per heavy atom. The van der Waals surface area contributed by atoms with Crippen LogP contribution in [-0.4, -0.2) is 5.91 Å². The van der Waals surface area contributed by atoms with Crippen LogP contribution in [0.25, 0.3) is 11.1 Å². The molecule has 110 valence electrons. The van der Waals surface area contributed by atoms with E-state index >= 15 is 0 Å². The molecule has 0 aliphatic rings. The van der Waals surface area contributed by atoms with Gasteiger partial charge in [0.15, 0.2) is 0 Å². The lowest BCUT2D eigenvalue weighted by atomic mass is 9.93. The van der Waals surface area contributed by atoms with Crippen molar-refractivity contribution in [3.8, 4) is 11.1 Å². The van der Waals surface area contributed by atoms with Crippen LogP contribution in [0.15, 0.2) is 42.5 Å². The van der Waals surface area contributed by atoms with E-state index in [-0.39, 0.29) is 6.42 Å². The molecule has 2 N–H and O–H groups in total. The Bertz CT molecular complexity index is 677. The maximum atomic E-state index is 12.7. The molecule has 2 aromatic rings.